The minimum absolute atomic E-state index is 0. The molecule has 0 saturated carbocycles. The number of amides is 1. The van der Waals surface area contributed by atoms with E-state index in [0.717, 1.165) is 13.0 Å². The Balaban J connectivity index is 0.00000261. The maximum Gasteiger partial charge on any atom is 0.285 e. The zero-order valence-corrected chi connectivity index (χ0v) is 16.8. The zero-order chi connectivity index (χ0) is 18.6. The van der Waals surface area contributed by atoms with Crippen molar-refractivity contribution in [1.82, 2.24) is 15.5 Å². The molecule has 0 radical (unpaired) electrons. The molecule has 1 unspecified atom stereocenters. The summed E-state index contributed by atoms with van der Waals surface area (Å²) in [5, 5.41) is 6.08. The van der Waals surface area contributed by atoms with E-state index in [1.807, 2.05) is 4.90 Å². The van der Waals surface area contributed by atoms with Crippen molar-refractivity contribution in [2.45, 2.75) is 23.8 Å². The largest absolute Gasteiger partial charge is 0.383 e. The van der Waals surface area contributed by atoms with Crippen LogP contribution in [0.1, 0.15) is 18.4 Å². The van der Waals surface area contributed by atoms with Crippen molar-refractivity contribution in [3.8, 4) is 0 Å². The van der Waals surface area contributed by atoms with Gasteiger partial charge in [0.05, 0.1) is 6.61 Å². The normalized spacial score (nSPS) is 20.0. The molecule has 0 aromatic heterocycles. The molecule has 1 aromatic carbocycles. The van der Waals surface area contributed by atoms with Gasteiger partial charge in [-0.3, -0.25) is 4.79 Å². The van der Waals surface area contributed by atoms with Crippen molar-refractivity contribution in [2.75, 3.05) is 39.9 Å². The number of nitrogens with one attached hydrogen (secondary N) is 2. The Morgan fingerprint density at radius 3 is 2.85 bits per heavy atom. The smallest absolute Gasteiger partial charge is 0.285 e. The molecule has 27 heavy (non-hydrogen) atoms. The fourth-order valence-corrected chi connectivity index (χ4v) is 4.50. The third kappa shape index (κ3) is 4.78. The summed E-state index contributed by atoms with van der Waals surface area (Å²) in [7, 11) is -2.04. The molecule has 8 nitrogen and oxygen atoms in total. The molecule has 2 heterocycles. The van der Waals surface area contributed by atoms with E-state index in [4.69, 9.17) is 4.74 Å². The first kappa shape index (κ1) is 21.6. The predicted molar refractivity (Wildman–Crippen MR) is 105 cm³/mol. The van der Waals surface area contributed by atoms with Crippen molar-refractivity contribution < 1.29 is 17.9 Å². The average Bonchev–Trinajstić information content (AvgIpc) is 3.21. The molecule has 1 amide bonds. The van der Waals surface area contributed by atoms with Crippen molar-refractivity contribution in [1.29, 1.82) is 0 Å². The van der Waals surface area contributed by atoms with Gasteiger partial charge >= 0.3 is 0 Å². The van der Waals surface area contributed by atoms with E-state index >= 15 is 0 Å². The van der Waals surface area contributed by atoms with Crippen LogP contribution in [0.3, 0.4) is 0 Å². The summed E-state index contributed by atoms with van der Waals surface area (Å²) in [4.78, 5) is 14.6. The van der Waals surface area contributed by atoms with E-state index in [9.17, 15) is 13.2 Å². The number of likely N-dealkylation sites (tertiary alicyclic amines) is 1. The molecule has 1 fully saturated rings. The van der Waals surface area contributed by atoms with Crippen LogP contribution in [0.25, 0.3) is 0 Å². The number of amidine groups is 1. The molecule has 1 saturated heterocycles. The molecule has 0 spiro atoms. The Kier molecular flexibility index (Phi) is 7.60. The Morgan fingerprint density at radius 2 is 2.07 bits per heavy atom. The van der Waals surface area contributed by atoms with Crippen molar-refractivity contribution in [3.05, 3.63) is 29.8 Å². The van der Waals surface area contributed by atoms with Gasteiger partial charge in [-0.05, 0) is 25.0 Å². The number of methoxy groups -OCH3 is 1. The standard InChI is InChI=1S/C17H24N4O4S.ClH/c1-25-12-10-18-8-9-19-17(22)14-6-4-11-21(14)16-13-5-2-3-7-15(13)26(23,24)20-16;/h2-3,5,7,14,18H,4,6,8-12H2,1H3,(H,19,22);1H. The second-order valence-electron chi connectivity index (χ2n) is 6.27. The highest BCUT2D eigenvalue weighted by molar-refractivity contribution is 7.90. The quantitative estimate of drug-likeness (QED) is 0.623. The molecular formula is C17H25ClN4O4S. The summed E-state index contributed by atoms with van der Waals surface area (Å²) in [5.41, 5.74) is 0.577. The number of carbonyl (C=O) groups excluding carboxylic acids is 1. The SMILES string of the molecule is COCCNCCNC(=O)C1CCCN1C1=NS(=O)(=O)c2ccccc21.Cl. The van der Waals surface area contributed by atoms with Gasteiger partial charge in [0.15, 0.2) is 5.84 Å². The highest BCUT2D eigenvalue weighted by atomic mass is 35.5. The summed E-state index contributed by atoms with van der Waals surface area (Å²) in [6.45, 7) is 3.13. The maximum atomic E-state index is 12.6. The summed E-state index contributed by atoms with van der Waals surface area (Å²) >= 11 is 0. The number of sulfonamides is 1. The second kappa shape index (κ2) is 9.50. The van der Waals surface area contributed by atoms with Crippen LogP contribution in [0.5, 0.6) is 0 Å². The number of hydrogen-bond donors (Lipinski definition) is 2. The molecule has 1 atom stereocenters. The Labute approximate surface area is 165 Å². The number of fused-ring (bicyclic) bond motifs is 1. The Hall–Kier alpha value is -1.68. The second-order valence-corrected chi connectivity index (χ2v) is 7.84. The van der Waals surface area contributed by atoms with Gasteiger partial charge in [0, 0.05) is 38.9 Å². The van der Waals surface area contributed by atoms with Crippen LogP contribution in [0.4, 0.5) is 0 Å². The summed E-state index contributed by atoms with van der Waals surface area (Å²) in [5.74, 6) is 0.289. The van der Waals surface area contributed by atoms with E-state index in [0.29, 0.717) is 44.1 Å². The van der Waals surface area contributed by atoms with Gasteiger partial charge in [-0.2, -0.15) is 8.42 Å². The fraction of sp³-hybridized carbons (Fsp3) is 0.529. The van der Waals surface area contributed by atoms with Gasteiger partial charge in [-0.1, -0.05) is 12.1 Å². The number of ether oxygens (including phenoxy) is 1. The van der Waals surface area contributed by atoms with E-state index in [1.165, 1.54) is 0 Å². The lowest BCUT2D eigenvalue weighted by Gasteiger charge is -2.25. The number of hydrogen-bond acceptors (Lipinski definition) is 6. The third-order valence-corrected chi connectivity index (χ3v) is 5.85. The lowest BCUT2D eigenvalue weighted by atomic mass is 10.1. The Morgan fingerprint density at radius 1 is 1.30 bits per heavy atom. The zero-order valence-electron chi connectivity index (χ0n) is 15.2. The van der Waals surface area contributed by atoms with Gasteiger partial charge in [-0.15, -0.1) is 16.8 Å². The molecule has 2 aliphatic rings. The molecule has 0 aliphatic carbocycles. The molecule has 10 heteroatoms. The lowest BCUT2D eigenvalue weighted by Crippen LogP contribution is -2.47. The van der Waals surface area contributed by atoms with Crippen LogP contribution in [0.15, 0.2) is 33.6 Å². The highest BCUT2D eigenvalue weighted by Gasteiger charge is 2.38. The van der Waals surface area contributed by atoms with Crippen LogP contribution in [0.2, 0.25) is 0 Å². The molecule has 2 aliphatic heterocycles. The topological polar surface area (TPSA) is 100 Å². The average molecular weight is 417 g/mol. The van der Waals surface area contributed by atoms with Crippen LogP contribution in [-0.2, 0) is 19.6 Å². The minimum Gasteiger partial charge on any atom is -0.383 e. The predicted octanol–water partition coefficient (Wildman–Crippen LogP) is 0.374. The summed E-state index contributed by atoms with van der Waals surface area (Å²) in [6, 6.07) is 6.36. The third-order valence-electron chi connectivity index (χ3n) is 4.52. The van der Waals surface area contributed by atoms with Gasteiger partial charge < -0.3 is 20.3 Å². The van der Waals surface area contributed by atoms with Crippen LogP contribution < -0.4 is 10.6 Å². The number of benzene rings is 1. The number of rotatable bonds is 7. The molecule has 1 aromatic rings. The van der Waals surface area contributed by atoms with Crippen molar-refractivity contribution >= 4 is 34.2 Å². The van der Waals surface area contributed by atoms with E-state index in [1.54, 1.807) is 31.4 Å². The molecular weight excluding hydrogens is 392 g/mol. The van der Waals surface area contributed by atoms with Gasteiger partial charge in [0.25, 0.3) is 10.0 Å². The highest BCUT2D eigenvalue weighted by Crippen LogP contribution is 2.31. The number of nitrogens with zero attached hydrogens (tertiary/aromatic N) is 2. The van der Waals surface area contributed by atoms with E-state index in [2.05, 4.69) is 15.0 Å². The van der Waals surface area contributed by atoms with Crippen LogP contribution in [-0.4, -0.2) is 71.0 Å². The minimum atomic E-state index is -3.68. The van der Waals surface area contributed by atoms with Crippen molar-refractivity contribution in [2.24, 2.45) is 4.40 Å². The summed E-state index contributed by atoms with van der Waals surface area (Å²) < 4.78 is 33.4. The van der Waals surface area contributed by atoms with Gasteiger partial charge in [0.1, 0.15) is 10.9 Å². The van der Waals surface area contributed by atoms with Crippen LogP contribution >= 0.6 is 12.4 Å². The molecule has 2 N–H and O–H groups in total. The Bertz CT molecular complexity index is 800. The number of carbonyl (C=O) groups is 1. The van der Waals surface area contributed by atoms with E-state index in [-0.39, 0.29) is 23.2 Å². The van der Waals surface area contributed by atoms with E-state index < -0.39 is 16.1 Å². The van der Waals surface area contributed by atoms with Crippen LogP contribution in [0, 0.1) is 0 Å². The first-order valence-electron chi connectivity index (χ1n) is 8.73. The monoisotopic (exact) mass is 416 g/mol. The first-order chi connectivity index (χ1) is 12.5. The first-order valence-corrected chi connectivity index (χ1v) is 10.2. The fourth-order valence-electron chi connectivity index (χ4n) is 3.28. The molecule has 150 valence electrons. The van der Waals surface area contributed by atoms with Gasteiger partial charge in [0.2, 0.25) is 5.91 Å². The molecule has 0 bridgehead atoms. The summed E-state index contributed by atoms with van der Waals surface area (Å²) in [6.07, 6.45) is 1.51. The lowest BCUT2D eigenvalue weighted by molar-refractivity contribution is -0.124. The molecule has 3 rings (SSSR count). The number of halogens is 1. The van der Waals surface area contributed by atoms with Crippen molar-refractivity contribution in [3.63, 3.8) is 0 Å². The maximum absolute atomic E-state index is 12.6. The van der Waals surface area contributed by atoms with Gasteiger partial charge in [-0.25, -0.2) is 0 Å².